The zero-order valence-corrected chi connectivity index (χ0v) is 20.3. The van der Waals surface area contributed by atoms with Gasteiger partial charge in [0.2, 0.25) is 0 Å². The topological polar surface area (TPSA) is 105 Å². The number of methoxy groups -OCH3 is 1. The van der Waals surface area contributed by atoms with E-state index in [1.54, 1.807) is 6.92 Å². The minimum Gasteiger partial charge on any atom is -0.465 e. The highest BCUT2D eigenvalue weighted by Gasteiger charge is 2.21. The molecule has 2 heterocycles. The number of carbonyl (C=O) groups excluding carboxylic acids is 1. The Balaban J connectivity index is 1.83. The molecule has 0 radical (unpaired) electrons. The minimum atomic E-state index is -0.683. The molecule has 0 saturated carbocycles. The molecule has 3 aromatic rings. The SMILES string of the molecule is COC(=O)c1sc2nc(CN(Cc3ccccc3)C[C@@H](O)COCC(C)C)[nH]c(=O)c2c1C. The Morgan fingerprint density at radius 3 is 2.61 bits per heavy atom. The molecule has 0 saturated heterocycles. The molecule has 1 aromatic carbocycles. The predicted octanol–water partition coefficient (Wildman–Crippen LogP) is 3.12. The van der Waals surface area contributed by atoms with Gasteiger partial charge in [0.25, 0.3) is 5.56 Å². The molecule has 1 atom stereocenters. The van der Waals surface area contributed by atoms with Crippen LogP contribution in [0, 0.1) is 12.8 Å². The highest BCUT2D eigenvalue weighted by molar-refractivity contribution is 7.20. The van der Waals surface area contributed by atoms with Crippen molar-refractivity contribution >= 4 is 27.5 Å². The van der Waals surface area contributed by atoms with E-state index in [0.717, 1.165) is 16.9 Å². The lowest BCUT2D eigenvalue weighted by Crippen LogP contribution is -2.35. The number of benzene rings is 1. The molecule has 0 bridgehead atoms. The van der Waals surface area contributed by atoms with Crippen LogP contribution in [0.25, 0.3) is 10.2 Å². The van der Waals surface area contributed by atoms with Gasteiger partial charge in [-0.25, -0.2) is 9.78 Å². The molecule has 0 aliphatic rings. The van der Waals surface area contributed by atoms with E-state index >= 15 is 0 Å². The molecule has 3 rings (SSSR count). The Morgan fingerprint density at radius 2 is 1.94 bits per heavy atom. The second kappa shape index (κ2) is 11.5. The first-order valence-electron chi connectivity index (χ1n) is 10.9. The van der Waals surface area contributed by atoms with Crippen molar-refractivity contribution in [3.63, 3.8) is 0 Å². The Hall–Kier alpha value is -2.59. The van der Waals surface area contributed by atoms with Crippen LogP contribution in [0.15, 0.2) is 35.1 Å². The molecule has 2 N–H and O–H groups in total. The summed E-state index contributed by atoms with van der Waals surface area (Å²) in [6.07, 6.45) is -0.683. The van der Waals surface area contributed by atoms with Crippen LogP contribution < -0.4 is 5.56 Å². The van der Waals surface area contributed by atoms with Gasteiger partial charge in [-0.2, -0.15) is 0 Å². The summed E-state index contributed by atoms with van der Waals surface area (Å²) in [5.74, 6) is 0.380. The van der Waals surface area contributed by atoms with Crippen molar-refractivity contribution in [2.75, 3.05) is 26.9 Å². The van der Waals surface area contributed by atoms with Gasteiger partial charge in [-0.15, -0.1) is 11.3 Å². The summed E-state index contributed by atoms with van der Waals surface area (Å²) in [4.78, 5) is 35.2. The maximum Gasteiger partial charge on any atom is 0.348 e. The summed E-state index contributed by atoms with van der Waals surface area (Å²) in [6.45, 7) is 7.91. The number of rotatable bonds is 11. The number of aryl methyl sites for hydroxylation is 1. The van der Waals surface area contributed by atoms with Gasteiger partial charge < -0.3 is 19.6 Å². The number of thiophene rings is 1. The fraction of sp³-hybridized carbons (Fsp3) is 0.458. The first-order chi connectivity index (χ1) is 15.8. The average molecular weight is 474 g/mol. The lowest BCUT2D eigenvalue weighted by Gasteiger charge is -2.25. The summed E-state index contributed by atoms with van der Waals surface area (Å²) in [5, 5.41) is 10.9. The number of aromatic nitrogens is 2. The highest BCUT2D eigenvalue weighted by atomic mass is 32.1. The summed E-state index contributed by atoms with van der Waals surface area (Å²) < 4.78 is 10.4. The van der Waals surface area contributed by atoms with Gasteiger partial charge in [0.1, 0.15) is 15.5 Å². The van der Waals surface area contributed by atoms with Crippen molar-refractivity contribution < 1.29 is 19.4 Å². The molecule has 8 nitrogen and oxygen atoms in total. The number of nitrogens with zero attached hydrogens (tertiary/aromatic N) is 2. The molecule has 0 unspecified atom stereocenters. The standard InChI is InChI=1S/C24H31N3O5S/c1-15(2)13-32-14-18(28)11-27(10-17-8-6-5-7-9-17)12-19-25-22(29)20-16(3)21(24(30)31-4)33-23(20)26-19/h5-9,15,18,28H,10-14H2,1-4H3,(H,25,26,29)/t18-/m1/s1. The Morgan fingerprint density at radius 1 is 1.21 bits per heavy atom. The largest absolute Gasteiger partial charge is 0.465 e. The molecule has 9 heteroatoms. The van der Waals surface area contributed by atoms with Crippen LogP contribution in [0.5, 0.6) is 0 Å². The number of H-pyrrole nitrogens is 1. The number of hydrogen-bond donors (Lipinski definition) is 2. The molecule has 0 aliphatic heterocycles. The second-order valence-electron chi connectivity index (χ2n) is 8.48. The summed E-state index contributed by atoms with van der Waals surface area (Å²) in [6, 6.07) is 9.90. The quantitative estimate of drug-likeness (QED) is 0.412. The van der Waals surface area contributed by atoms with Gasteiger partial charge >= 0.3 is 5.97 Å². The van der Waals surface area contributed by atoms with Gasteiger partial charge in [-0.3, -0.25) is 9.69 Å². The number of fused-ring (bicyclic) bond motifs is 1. The molecule has 33 heavy (non-hydrogen) atoms. The molecular weight excluding hydrogens is 442 g/mol. The maximum absolute atomic E-state index is 12.8. The number of esters is 1. The van der Waals surface area contributed by atoms with Crippen LogP contribution in [0.2, 0.25) is 0 Å². The summed E-state index contributed by atoms with van der Waals surface area (Å²) in [7, 11) is 1.31. The molecule has 2 aromatic heterocycles. The maximum atomic E-state index is 12.8. The predicted molar refractivity (Wildman–Crippen MR) is 129 cm³/mol. The smallest absolute Gasteiger partial charge is 0.348 e. The van der Waals surface area contributed by atoms with Gasteiger partial charge in [-0.05, 0) is 24.0 Å². The minimum absolute atomic E-state index is 0.235. The van der Waals surface area contributed by atoms with Crippen LogP contribution >= 0.6 is 11.3 Å². The number of ether oxygens (including phenoxy) is 2. The van der Waals surface area contributed by atoms with Crippen molar-refractivity contribution in [1.82, 2.24) is 14.9 Å². The van der Waals surface area contributed by atoms with Gasteiger partial charge in [0.05, 0.1) is 31.8 Å². The van der Waals surface area contributed by atoms with Crippen molar-refractivity contribution in [3.05, 3.63) is 62.5 Å². The number of aromatic amines is 1. The van der Waals surface area contributed by atoms with E-state index in [2.05, 4.69) is 23.8 Å². The number of hydrogen-bond acceptors (Lipinski definition) is 8. The molecule has 0 fully saturated rings. The molecule has 178 valence electrons. The van der Waals surface area contributed by atoms with Gasteiger partial charge in [-0.1, -0.05) is 44.2 Å². The lowest BCUT2D eigenvalue weighted by atomic mass is 10.2. The van der Waals surface area contributed by atoms with E-state index in [9.17, 15) is 14.7 Å². The van der Waals surface area contributed by atoms with Crippen LogP contribution in [0.3, 0.4) is 0 Å². The fourth-order valence-corrected chi connectivity index (χ4v) is 4.70. The third kappa shape index (κ3) is 6.70. The Bertz CT molecular complexity index is 1130. The van der Waals surface area contributed by atoms with Crippen LogP contribution in [0.1, 0.15) is 40.5 Å². The highest BCUT2D eigenvalue weighted by Crippen LogP contribution is 2.27. The Labute approximate surface area is 197 Å². The third-order valence-corrected chi connectivity index (χ3v) is 6.24. The van der Waals surface area contributed by atoms with E-state index in [1.807, 2.05) is 35.2 Å². The second-order valence-corrected chi connectivity index (χ2v) is 9.48. The summed E-state index contributed by atoms with van der Waals surface area (Å²) in [5.41, 5.74) is 1.36. The van der Waals surface area contributed by atoms with Crippen LogP contribution in [0.4, 0.5) is 0 Å². The number of nitrogens with one attached hydrogen (secondary N) is 1. The number of aliphatic hydroxyl groups excluding tert-OH is 1. The zero-order valence-electron chi connectivity index (χ0n) is 19.5. The average Bonchev–Trinajstić information content (AvgIpc) is 3.10. The van der Waals surface area contributed by atoms with Crippen LogP contribution in [-0.2, 0) is 22.6 Å². The number of carbonyl (C=O) groups is 1. The fourth-order valence-electron chi connectivity index (χ4n) is 3.58. The van der Waals surface area contributed by atoms with Crippen molar-refractivity contribution in [2.45, 2.75) is 40.0 Å². The van der Waals surface area contributed by atoms with Crippen molar-refractivity contribution in [1.29, 1.82) is 0 Å². The van der Waals surface area contributed by atoms with E-state index in [-0.39, 0.29) is 12.2 Å². The number of aliphatic hydroxyl groups is 1. The van der Waals surface area contributed by atoms with E-state index in [1.165, 1.54) is 7.11 Å². The first-order valence-corrected chi connectivity index (χ1v) is 11.7. The monoisotopic (exact) mass is 473 g/mol. The molecule has 0 aliphatic carbocycles. The molecular formula is C24H31N3O5S. The first kappa shape index (κ1) is 25.0. The van der Waals surface area contributed by atoms with Crippen LogP contribution in [-0.4, -0.2) is 58.9 Å². The van der Waals surface area contributed by atoms with Crippen molar-refractivity contribution in [3.8, 4) is 0 Å². The van der Waals surface area contributed by atoms with E-state index in [0.29, 0.717) is 58.6 Å². The third-order valence-electron chi connectivity index (χ3n) is 5.07. The zero-order chi connectivity index (χ0) is 24.0. The molecule has 0 spiro atoms. The van der Waals surface area contributed by atoms with Gasteiger partial charge in [0.15, 0.2) is 0 Å². The molecule has 0 amide bonds. The van der Waals surface area contributed by atoms with E-state index < -0.39 is 12.1 Å². The summed E-state index contributed by atoms with van der Waals surface area (Å²) >= 11 is 1.15. The van der Waals surface area contributed by atoms with E-state index in [4.69, 9.17) is 9.47 Å². The van der Waals surface area contributed by atoms with Gasteiger partial charge in [0, 0.05) is 19.7 Å². The Kier molecular flexibility index (Phi) is 8.74. The lowest BCUT2D eigenvalue weighted by molar-refractivity contribution is 0.00517. The van der Waals surface area contributed by atoms with Crippen molar-refractivity contribution in [2.24, 2.45) is 5.92 Å². The normalized spacial score (nSPS) is 12.6.